The van der Waals surface area contributed by atoms with Crippen LogP contribution in [0.5, 0.6) is 0 Å². The average molecular weight is 155 g/mol. The smallest absolute Gasteiger partial charge is 0.00156 e. The summed E-state index contributed by atoms with van der Waals surface area (Å²) < 4.78 is 0. The molecule has 1 saturated carbocycles. The summed E-state index contributed by atoms with van der Waals surface area (Å²) >= 11 is 0. The fraction of sp³-hybridized carbons (Fsp3) is 1.00. The van der Waals surface area contributed by atoms with E-state index in [1.165, 1.54) is 19.6 Å². The second-order valence-corrected chi connectivity index (χ2v) is 3.54. The molecule has 0 aromatic carbocycles. The molecule has 2 rings (SSSR count). The molecule has 0 N–H and O–H groups in total. The van der Waals surface area contributed by atoms with Gasteiger partial charge in [-0.3, -0.25) is 0 Å². The Bertz CT molecular complexity index is 110. The topological polar surface area (TPSA) is 3.24 Å². The van der Waals surface area contributed by atoms with Gasteiger partial charge in [0.15, 0.2) is 0 Å². The normalized spacial score (nSPS) is 40.9. The number of piperidine rings is 1. The van der Waals surface area contributed by atoms with Gasteiger partial charge in [0.05, 0.1) is 0 Å². The lowest BCUT2D eigenvalue weighted by atomic mass is 10.3. The van der Waals surface area contributed by atoms with E-state index in [2.05, 4.69) is 18.7 Å². The van der Waals surface area contributed by atoms with Crippen molar-refractivity contribution in [3.63, 3.8) is 0 Å². The van der Waals surface area contributed by atoms with Crippen molar-refractivity contribution in [3.05, 3.63) is 0 Å². The van der Waals surface area contributed by atoms with Crippen molar-refractivity contribution >= 4 is 0 Å². The van der Waals surface area contributed by atoms with Gasteiger partial charge in [-0.2, -0.15) is 0 Å². The minimum atomic E-state index is 1.06. The van der Waals surface area contributed by atoms with Gasteiger partial charge in [-0.25, -0.2) is 0 Å². The zero-order chi connectivity index (χ0) is 8.43. The molecule has 1 heterocycles. The molecule has 0 spiro atoms. The van der Waals surface area contributed by atoms with E-state index >= 15 is 0 Å². The summed E-state index contributed by atoms with van der Waals surface area (Å²) in [5.74, 6) is 3.24. The fourth-order valence-electron chi connectivity index (χ4n) is 2.17. The standard InChI is InChI=1S/C8H15N.C2H6/c1-3-9-4-7-6(2)8(7)5-9;1-2/h6-8H,3-5H2,1-2H3;1-2H3/t6?,7-,8+;. The fourth-order valence-corrected chi connectivity index (χ4v) is 2.17. The molecule has 1 nitrogen and oxygen atoms in total. The van der Waals surface area contributed by atoms with E-state index in [0.717, 1.165) is 17.8 Å². The molecule has 0 radical (unpaired) electrons. The first kappa shape index (κ1) is 9.05. The van der Waals surface area contributed by atoms with Gasteiger partial charge in [0.25, 0.3) is 0 Å². The van der Waals surface area contributed by atoms with E-state index in [4.69, 9.17) is 0 Å². The predicted molar refractivity (Wildman–Crippen MR) is 49.6 cm³/mol. The Morgan fingerprint density at radius 1 is 1.18 bits per heavy atom. The summed E-state index contributed by atoms with van der Waals surface area (Å²) in [5, 5.41) is 0. The van der Waals surface area contributed by atoms with Crippen molar-refractivity contribution < 1.29 is 0 Å². The Morgan fingerprint density at radius 2 is 1.64 bits per heavy atom. The van der Waals surface area contributed by atoms with Crippen LogP contribution < -0.4 is 0 Å². The van der Waals surface area contributed by atoms with Crippen molar-refractivity contribution in [2.75, 3.05) is 19.6 Å². The maximum absolute atomic E-state index is 2.56. The van der Waals surface area contributed by atoms with Gasteiger partial charge >= 0.3 is 0 Å². The molecular formula is C10H21N. The van der Waals surface area contributed by atoms with E-state index in [0.29, 0.717) is 0 Å². The highest BCUT2D eigenvalue weighted by Gasteiger charge is 2.51. The number of hydrogen-bond acceptors (Lipinski definition) is 1. The summed E-state index contributed by atoms with van der Waals surface area (Å²) in [4.78, 5) is 2.56. The average Bonchev–Trinajstić information content (AvgIpc) is 2.57. The highest BCUT2D eigenvalue weighted by Crippen LogP contribution is 2.50. The molecule has 1 aliphatic carbocycles. The van der Waals surface area contributed by atoms with Gasteiger partial charge in [-0.1, -0.05) is 27.7 Å². The van der Waals surface area contributed by atoms with Gasteiger partial charge in [-0.15, -0.1) is 0 Å². The Balaban J connectivity index is 0.000000281. The zero-order valence-corrected chi connectivity index (χ0v) is 8.30. The molecule has 1 heteroatoms. The number of hydrogen-bond donors (Lipinski definition) is 0. The number of fused-ring (bicyclic) bond motifs is 1. The summed E-state index contributed by atoms with van der Waals surface area (Å²) in [7, 11) is 0. The molecule has 2 aliphatic rings. The maximum Gasteiger partial charge on any atom is 0.00156 e. The first-order valence-electron chi connectivity index (χ1n) is 5.05. The van der Waals surface area contributed by atoms with E-state index in [1.54, 1.807) is 0 Å². The molecule has 0 aromatic rings. The Morgan fingerprint density at radius 3 is 2.00 bits per heavy atom. The zero-order valence-electron chi connectivity index (χ0n) is 8.30. The van der Waals surface area contributed by atoms with Crippen molar-refractivity contribution in [3.8, 4) is 0 Å². The summed E-state index contributed by atoms with van der Waals surface area (Å²) in [6.45, 7) is 12.7. The van der Waals surface area contributed by atoms with Crippen LogP contribution in [-0.4, -0.2) is 24.5 Å². The highest BCUT2D eigenvalue weighted by atomic mass is 15.2. The van der Waals surface area contributed by atoms with Gasteiger partial charge in [0.2, 0.25) is 0 Å². The minimum absolute atomic E-state index is 1.06. The van der Waals surface area contributed by atoms with Crippen molar-refractivity contribution in [2.24, 2.45) is 17.8 Å². The highest BCUT2D eigenvalue weighted by molar-refractivity contribution is 5.02. The summed E-state index contributed by atoms with van der Waals surface area (Å²) in [5.41, 5.74) is 0. The van der Waals surface area contributed by atoms with E-state index < -0.39 is 0 Å². The van der Waals surface area contributed by atoms with Crippen LogP contribution in [0.2, 0.25) is 0 Å². The first-order valence-corrected chi connectivity index (χ1v) is 5.05. The van der Waals surface area contributed by atoms with Gasteiger partial charge in [0, 0.05) is 13.1 Å². The molecule has 1 saturated heterocycles. The molecule has 0 aromatic heterocycles. The van der Waals surface area contributed by atoms with Crippen LogP contribution in [0.1, 0.15) is 27.7 Å². The van der Waals surface area contributed by atoms with Crippen LogP contribution in [0, 0.1) is 17.8 Å². The number of rotatable bonds is 1. The molecule has 0 bridgehead atoms. The monoisotopic (exact) mass is 155 g/mol. The van der Waals surface area contributed by atoms with Gasteiger partial charge in [-0.05, 0) is 24.3 Å². The first-order chi connectivity index (χ1) is 5.33. The molecule has 2 fully saturated rings. The van der Waals surface area contributed by atoms with E-state index in [-0.39, 0.29) is 0 Å². The molecule has 0 amide bonds. The van der Waals surface area contributed by atoms with E-state index in [9.17, 15) is 0 Å². The minimum Gasteiger partial charge on any atom is -0.303 e. The van der Waals surface area contributed by atoms with Crippen LogP contribution >= 0.6 is 0 Å². The quantitative estimate of drug-likeness (QED) is 0.561. The number of likely N-dealkylation sites (tertiary alicyclic amines) is 1. The number of nitrogens with zero attached hydrogens (tertiary/aromatic N) is 1. The van der Waals surface area contributed by atoms with Crippen LogP contribution in [-0.2, 0) is 0 Å². The van der Waals surface area contributed by atoms with Crippen LogP contribution in [0.3, 0.4) is 0 Å². The maximum atomic E-state index is 2.56. The molecule has 11 heavy (non-hydrogen) atoms. The lowest BCUT2D eigenvalue weighted by Crippen LogP contribution is -2.23. The molecular weight excluding hydrogens is 134 g/mol. The summed E-state index contributed by atoms with van der Waals surface area (Å²) in [6, 6.07) is 0. The lowest BCUT2D eigenvalue weighted by Gasteiger charge is -2.14. The third kappa shape index (κ3) is 1.58. The van der Waals surface area contributed by atoms with Crippen molar-refractivity contribution in [1.29, 1.82) is 0 Å². The predicted octanol–water partition coefficient (Wildman–Crippen LogP) is 2.23. The van der Waals surface area contributed by atoms with E-state index in [1.807, 2.05) is 13.8 Å². The Labute approximate surface area is 70.8 Å². The van der Waals surface area contributed by atoms with Crippen LogP contribution in [0.25, 0.3) is 0 Å². The van der Waals surface area contributed by atoms with Crippen molar-refractivity contribution in [2.45, 2.75) is 27.7 Å². The molecule has 66 valence electrons. The lowest BCUT2D eigenvalue weighted by molar-refractivity contribution is 0.304. The largest absolute Gasteiger partial charge is 0.303 e. The second kappa shape index (κ2) is 3.57. The van der Waals surface area contributed by atoms with Crippen molar-refractivity contribution in [1.82, 2.24) is 4.90 Å². The molecule has 1 aliphatic heterocycles. The van der Waals surface area contributed by atoms with Gasteiger partial charge < -0.3 is 4.90 Å². The van der Waals surface area contributed by atoms with Crippen LogP contribution in [0.4, 0.5) is 0 Å². The third-order valence-corrected chi connectivity index (χ3v) is 3.15. The Hall–Kier alpha value is -0.0400. The Kier molecular flexibility index (Phi) is 2.94. The SMILES string of the molecule is CC.CCN1C[C@@H]2C(C)[C@@H]2C1. The van der Waals surface area contributed by atoms with Crippen LogP contribution in [0.15, 0.2) is 0 Å². The third-order valence-electron chi connectivity index (χ3n) is 3.15. The van der Waals surface area contributed by atoms with Gasteiger partial charge in [0.1, 0.15) is 0 Å². The summed E-state index contributed by atoms with van der Waals surface area (Å²) in [6.07, 6.45) is 0. The second-order valence-electron chi connectivity index (χ2n) is 3.54. The molecule has 3 atom stereocenters. The molecule has 1 unspecified atom stereocenters.